The van der Waals surface area contributed by atoms with Crippen molar-refractivity contribution in [3.8, 4) is 11.5 Å². The van der Waals surface area contributed by atoms with Gasteiger partial charge in [0, 0.05) is 31.4 Å². The van der Waals surface area contributed by atoms with Gasteiger partial charge < -0.3 is 25.4 Å². The lowest BCUT2D eigenvalue weighted by Crippen LogP contribution is -2.30. The Labute approximate surface area is 152 Å². The predicted molar refractivity (Wildman–Crippen MR) is 98.7 cm³/mol. The van der Waals surface area contributed by atoms with E-state index in [-0.39, 0.29) is 12.7 Å². The molecule has 26 heavy (non-hydrogen) atoms. The molecule has 8 nitrogen and oxygen atoms in total. The molecule has 3 N–H and O–H groups in total. The maximum absolute atomic E-state index is 12.1. The Hall–Kier alpha value is -3.03. The maximum Gasteiger partial charge on any atom is 0.231 e. The predicted octanol–water partition coefficient (Wildman–Crippen LogP) is 1.72. The van der Waals surface area contributed by atoms with E-state index in [4.69, 9.17) is 9.47 Å². The van der Waals surface area contributed by atoms with Crippen LogP contribution in [0.4, 0.5) is 11.8 Å². The van der Waals surface area contributed by atoms with Gasteiger partial charge in [-0.2, -0.15) is 4.98 Å². The molecular weight excluding hydrogens is 334 g/mol. The number of rotatable bonds is 8. The van der Waals surface area contributed by atoms with E-state index >= 15 is 0 Å². The van der Waals surface area contributed by atoms with Crippen LogP contribution in [0.15, 0.2) is 24.3 Å². The largest absolute Gasteiger partial charge is 0.454 e. The molecule has 3 rings (SSSR count). The summed E-state index contributed by atoms with van der Waals surface area (Å²) in [6, 6.07) is 7.41. The molecule has 0 saturated heterocycles. The molecule has 0 radical (unpaired) electrons. The monoisotopic (exact) mass is 357 g/mol. The lowest BCUT2D eigenvalue weighted by atomic mass is 10.1. The first-order valence-electron chi connectivity index (χ1n) is 8.62. The number of hydrogen-bond donors (Lipinski definition) is 3. The minimum atomic E-state index is -0.0436. The fourth-order valence-corrected chi connectivity index (χ4v) is 2.59. The van der Waals surface area contributed by atoms with Gasteiger partial charge in [-0.25, -0.2) is 4.98 Å². The van der Waals surface area contributed by atoms with E-state index in [0.29, 0.717) is 31.2 Å². The van der Waals surface area contributed by atoms with E-state index < -0.39 is 0 Å². The number of hydrogen-bond acceptors (Lipinski definition) is 7. The average Bonchev–Trinajstić information content (AvgIpc) is 3.06. The normalized spacial score (nSPS) is 11.9. The number of benzene rings is 1. The third-order valence-electron chi connectivity index (χ3n) is 3.74. The Bertz CT molecular complexity index is 781. The lowest BCUT2D eigenvalue weighted by Gasteiger charge is -2.10. The lowest BCUT2D eigenvalue weighted by molar-refractivity contribution is -0.120. The van der Waals surface area contributed by atoms with Gasteiger partial charge in [0.25, 0.3) is 0 Å². The van der Waals surface area contributed by atoms with Crippen LogP contribution in [0.5, 0.6) is 11.5 Å². The topological polar surface area (TPSA) is 97.4 Å². The minimum Gasteiger partial charge on any atom is -0.454 e. The van der Waals surface area contributed by atoms with Crippen LogP contribution in [-0.2, 0) is 11.2 Å². The van der Waals surface area contributed by atoms with Crippen molar-refractivity contribution >= 4 is 17.7 Å². The fourth-order valence-electron chi connectivity index (χ4n) is 2.59. The molecule has 0 saturated carbocycles. The van der Waals surface area contributed by atoms with Gasteiger partial charge in [0.2, 0.25) is 18.6 Å². The second kappa shape index (κ2) is 8.37. The summed E-state index contributed by atoms with van der Waals surface area (Å²) in [6.45, 7) is 5.99. The molecule has 0 atom stereocenters. The van der Waals surface area contributed by atoms with Crippen molar-refractivity contribution in [3.63, 3.8) is 0 Å². The Morgan fingerprint density at radius 2 is 1.96 bits per heavy atom. The number of nitrogens with one attached hydrogen (secondary N) is 3. The Morgan fingerprint density at radius 3 is 2.81 bits per heavy atom. The van der Waals surface area contributed by atoms with Crippen molar-refractivity contribution in [2.24, 2.45) is 0 Å². The fraction of sp³-hybridized carbons (Fsp3) is 0.389. The summed E-state index contributed by atoms with van der Waals surface area (Å²) in [5, 5.41) is 9.18. The van der Waals surface area contributed by atoms with Crippen LogP contribution < -0.4 is 25.4 Å². The molecular formula is C18H23N5O3. The molecule has 0 aliphatic carbocycles. The van der Waals surface area contributed by atoms with Crippen molar-refractivity contribution in [2.75, 3.05) is 37.1 Å². The van der Waals surface area contributed by atoms with E-state index in [1.165, 1.54) is 0 Å². The van der Waals surface area contributed by atoms with Gasteiger partial charge in [-0.15, -0.1) is 0 Å². The molecule has 0 spiro atoms. The third-order valence-corrected chi connectivity index (χ3v) is 3.74. The smallest absolute Gasteiger partial charge is 0.231 e. The van der Waals surface area contributed by atoms with E-state index in [2.05, 4.69) is 25.9 Å². The maximum atomic E-state index is 12.1. The summed E-state index contributed by atoms with van der Waals surface area (Å²) < 4.78 is 10.6. The van der Waals surface area contributed by atoms with Crippen LogP contribution >= 0.6 is 0 Å². The number of ether oxygens (including phenoxy) is 2. The van der Waals surface area contributed by atoms with E-state index in [1.807, 2.05) is 38.1 Å². The van der Waals surface area contributed by atoms with Crippen molar-refractivity contribution in [3.05, 3.63) is 35.5 Å². The van der Waals surface area contributed by atoms with Crippen LogP contribution in [-0.4, -0.2) is 42.3 Å². The molecule has 2 heterocycles. The molecule has 1 aromatic heterocycles. The zero-order chi connectivity index (χ0) is 18.4. The van der Waals surface area contributed by atoms with Gasteiger partial charge in [0.05, 0.1) is 6.42 Å². The summed E-state index contributed by atoms with van der Waals surface area (Å²) in [4.78, 5) is 20.7. The zero-order valence-electron chi connectivity index (χ0n) is 15.0. The summed E-state index contributed by atoms with van der Waals surface area (Å²) in [7, 11) is 0. The Kier molecular flexibility index (Phi) is 5.73. The zero-order valence-corrected chi connectivity index (χ0v) is 15.0. The standard InChI is InChI=1S/C18H23N5O3/c1-3-19-18-22-12(2)8-16(23-18)20-6-7-21-17(24)10-13-4-5-14-15(9-13)26-11-25-14/h4-5,8-9H,3,6-7,10-11H2,1-2H3,(H,21,24)(H2,19,20,22,23). The first-order valence-corrected chi connectivity index (χ1v) is 8.62. The van der Waals surface area contributed by atoms with Crippen LogP contribution in [0.3, 0.4) is 0 Å². The first-order chi connectivity index (χ1) is 12.6. The second-order valence-corrected chi connectivity index (χ2v) is 5.89. The van der Waals surface area contributed by atoms with Crippen LogP contribution in [0, 0.1) is 6.92 Å². The van der Waals surface area contributed by atoms with Crippen molar-refractivity contribution in [1.82, 2.24) is 15.3 Å². The second-order valence-electron chi connectivity index (χ2n) is 5.89. The number of aromatic nitrogens is 2. The molecule has 0 unspecified atom stereocenters. The molecule has 1 aliphatic rings. The number of amides is 1. The molecule has 0 bridgehead atoms. The average molecular weight is 357 g/mol. The highest BCUT2D eigenvalue weighted by Gasteiger charge is 2.14. The number of carbonyl (C=O) groups is 1. The molecule has 1 aliphatic heterocycles. The number of nitrogens with zero attached hydrogens (tertiary/aromatic N) is 2. The number of aryl methyl sites for hydroxylation is 1. The van der Waals surface area contributed by atoms with Crippen molar-refractivity contribution in [2.45, 2.75) is 20.3 Å². The Morgan fingerprint density at radius 1 is 1.12 bits per heavy atom. The van der Waals surface area contributed by atoms with Gasteiger partial charge in [0.15, 0.2) is 11.5 Å². The molecule has 2 aromatic rings. The third kappa shape index (κ3) is 4.75. The summed E-state index contributed by atoms with van der Waals surface area (Å²) in [5.41, 5.74) is 1.77. The van der Waals surface area contributed by atoms with Gasteiger partial charge in [-0.3, -0.25) is 4.79 Å². The molecule has 0 fully saturated rings. The van der Waals surface area contributed by atoms with Gasteiger partial charge in [-0.1, -0.05) is 6.07 Å². The SMILES string of the molecule is CCNc1nc(C)cc(NCCNC(=O)Cc2ccc3c(c2)OCO3)n1. The van der Waals surface area contributed by atoms with Crippen molar-refractivity contribution in [1.29, 1.82) is 0 Å². The highest BCUT2D eigenvalue weighted by Crippen LogP contribution is 2.32. The summed E-state index contributed by atoms with van der Waals surface area (Å²) in [6.07, 6.45) is 0.299. The number of anilines is 2. The van der Waals surface area contributed by atoms with Crippen LogP contribution in [0.2, 0.25) is 0 Å². The number of carbonyl (C=O) groups excluding carboxylic acids is 1. The van der Waals surface area contributed by atoms with E-state index in [0.717, 1.165) is 29.4 Å². The van der Waals surface area contributed by atoms with E-state index in [9.17, 15) is 4.79 Å². The van der Waals surface area contributed by atoms with Crippen LogP contribution in [0.25, 0.3) is 0 Å². The molecule has 138 valence electrons. The highest BCUT2D eigenvalue weighted by atomic mass is 16.7. The molecule has 1 amide bonds. The van der Waals surface area contributed by atoms with Gasteiger partial charge >= 0.3 is 0 Å². The first kappa shape index (κ1) is 17.8. The van der Waals surface area contributed by atoms with E-state index in [1.54, 1.807) is 0 Å². The highest BCUT2D eigenvalue weighted by molar-refractivity contribution is 5.78. The van der Waals surface area contributed by atoms with Gasteiger partial charge in [-0.05, 0) is 31.5 Å². The quantitative estimate of drug-likeness (QED) is 0.619. The Balaban J connectivity index is 1.43. The minimum absolute atomic E-state index is 0.0436. The van der Waals surface area contributed by atoms with Gasteiger partial charge in [0.1, 0.15) is 5.82 Å². The van der Waals surface area contributed by atoms with Crippen LogP contribution in [0.1, 0.15) is 18.2 Å². The molecule has 8 heteroatoms. The summed E-state index contributed by atoms with van der Waals surface area (Å²) >= 11 is 0. The summed E-state index contributed by atoms with van der Waals surface area (Å²) in [5.74, 6) is 2.70. The number of fused-ring (bicyclic) bond motifs is 1. The van der Waals surface area contributed by atoms with Crippen molar-refractivity contribution < 1.29 is 14.3 Å². The molecule has 1 aromatic carbocycles.